The molecule has 0 spiro atoms. The Morgan fingerprint density at radius 1 is 1.23 bits per heavy atom. The van der Waals surface area contributed by atoms with Crippen LogP contribution in [-0.4, -0.2) is 38.8 Å². The van der Waals surface area contributed by atoms with Crippen LogP contribution >= 0.6 is 0 Å². The van der Waals surface area contributed by atoms with E-state index in [0.29, 0.717) is 0 Å². The zero-order valence-electron chi connectivity index (χ0n) is 15.0. The summed E-state index contributed by atoms with van der Waals surface area (Å²) in [7, 11) is 0. The van der Waals surface area contributed by atoms with E-state index in [1.807, 2.05) is 0 Å². The molecule has 3 rings (SSSR count). The number of alkyl halides is 3. The van der Waals surface area contributed by atoms with E-state index in [0.717, 1.165) is 25.1 Å². The smallest absolute Gasteiger partial charge is 0.417 e. The second-order valence-corrected chi connectivity index (χ2v) is 8.14. The highest BCUT2D eigenvalue weighted by Crippen LogP contribution is 2.46. The number of piperidine rings is 1. The van der Waals surface area contributed by atoms with Crippen molar-refractivity contribution < 1.29 is 27.8 Å². The number of aliphatic hydroxyl groups is 1. The topological polar surface area (TPSA) is 62.7 Å². The third kappa shape index (κ3) is 3.65. The Balaban J connectivity index is 1.78. The highest BCUT2D eigenvalue weighted by Gasteiger charge is 2.51. The molecule has 2 aliphatic rings. The number of aromatic nitrogens is 1. The van der Waals surface area contributed by atoms with Gasteiger partial charge in [-0.15, -0.1) is 0 Å². The molecule has 0 radical (unpaired) electrons. The van der Waals surface area contributed by atoms with Crippen molar-refractivity contribution in [3.05, 3.63) is 29.6 Å². The zero-order chi connectivity index (χ0) is 19.3. The van der Waals surface area contributed by atoms with Gasteiger partial charge in [-0.1, -0.05) is 0 Å². The van der Waals surface area contributed by atoms with Crippen molar-refractivity contribution in [1.29, 1.82) is 0 Å². The van der Waals surface area contributed by atoms with Crippen LogP contribution < -0.4 is 0 Å². The van der Waals surface area contributed by atoms with Crippen LogP contribution in [0.1, 0.15) is 57.7 Å². The Hall–Kier alpha value is -1.83. The number of carbonyl (C=O) groups excluding carboxylic acids is 1. The molecule has 2 aliphatic heterocycles. The molecule has 26 heavy (non-hydrogen) atoms. The lowest BCUT2D eigenvalue weighted by atomic mass is 9.83. The summed E-state index contributed by atoms with van der Waals surface area (Å²) in [5.74, 6) is 0. The van der Waals surface area contributed by atoms with E-state index in [2.05, 4.69) is 4.98 Å². The molecule has 2 saturated heterocycles. The summed E-state index contributed by atoms with van der Waals surface area (Å²) < 4.78 is 43.6. The van der Waals surface area contributed by atoms with Crippen LogP contribution in [-0.2, 0) is 16.5 Å². The summed E-state index contributed by atoms with van der Waals surface area (Å²) in [5.41, 5.74) is -2.58. The zero-order valence-corrected chi connectivity index (χ0v) is 15.0. The van der Waals surface area contributed by atoms with Crippen molar-refractivity contribution in [3.63, 3.8) is 0 Å². The van der Waals surface area contributed by atoms with E-state index >= 15 is 0 Å². The van der Waals surface area contributed by atoms with Crippen LogP contribution in [0.25, 0.3) is 0 Å². The maximum Gasteiger partial charge on any atom is 0.417 e. The number of nitrogens with zero attached hydrogens (tertiary/aromatic N) is 2. The molecule has 0 saturated carbocycles. The van der Waals surface area contributed by atoms with Crippen LogP contribution in [0, 0.1) is 0 Å². The number of hydrogen-bond donors (Lipinski definition) is 1. The molecule has 1 N–H and O–H groups in total. The van der Waals surface area contributed by atoms with Crippen molar-refractivity contribution in [2.45, 2.75) is 75.9 Å². The van der Waals surface area contributed by atoms with Gasteiger partial charge in [0.1, 0.15) is 11.2 Å². The summed E-state index contributed by atoms with van der Waals surface area (Å²) in [6, 6.07) is 1.74. The van der Waals surface area contributed by atoms with E-state index in [9.17, 15) is 23.1 Å². The van der Waals surface area contributed by atoms with E-state index < -0.39 is 29.0 Å². The van der Waals surface area contributed by atoms with Gasteiger partial charge in [0.05, 0.1) is 11.3 Å². The Bertz CT molecular complexity index is 668. The molecule has 0 aromatic carbocycles. The minimum atomic E-state index is -4.47. The monoisotopic (exact) mass is 372 g/mol. The molecule has 144 valence electrons. The van der Waals surface area contributed by atoms with Gasteiger partial charge < -0.3 is 14.7 Å². The third-order valence-corrected chi connectivity index (χ3v) is 4.94. The summed E-state index contributed by atoms with van der Waals surface area (Å²) >= 11 is 0. The molecule has 1 amide bonds. The lowest BCUT2D eigenvalue weighted by Gasteiger charge is -2.43. The number of ether oxygens (including phenoxy) is 1. The van der Waals surface area contributed by atoms with Gasteiger partial charge in [-0.25, -0.2) is 4.79 Å². The quantitative estimate of drug-likeness (QED) is 0.813. The average molecular weight is 372 g/mol. The minimum absolute atomic E-state index is 0.210. The third-order valence-electron chi connectivity index (χ3n) is 4.94. The Labute approximate surface area is 150 Å². The molecule has 5 nitrogen and oxygen atoms in total. The summed E-state index contributed by atoms with van der Waals surface area (Å²) in [4.78, 5) is 18.0. The predicted molar refractivity (Wildman–Crippen MR) is 87.3 cm³/mol. The van der Waals surface area contributed by atoms with Crippen molar-refractivity contribution in [1.82, 2.24) is 9.88 Å². The van der Waals surface area contributed by atoms with Gasteiger partial charge in [-0.05, 0) is 45.7 Å². The van der Waals surface area contributed by atoms with Gasteiger partial charge >= 0.3 is 12.3 Å². The number of amides is 1. The van der Waals surface area contributed by atoms with Gasteiger partial charge in [-0.2, -0.15) is 13.2 Å². The molecule has 1 aromatic rings. The number of pyridine rings is 1. The first kappa shape index (κ1) is 18.9. The first-order valence-corrected chi connectivity index (χ1v) is 8.66. The average Bonchev–Trinajstić information content (AvgIpc) is 2.78. The molecule has 2 bridgehead atoms. The molecule has 2 fully saturated rings. The normalized spacial score (nSPS) is 29.0. The van der Waals surface area contributed by atoms with E-state index in [1.54, 1.807) is 25.7 Å². The summed E-state index contributed by atoms with van der Waals surface area (Å²) in [6.07, 6.45) is -2.20. The molecule has 3 heterocycles. The predicted octanol–water partition coefficient (Wildman–Crippen LogP) is 3.85. The van der Waals surface area contributed by atoms with Crippen LogP contribution in [0.4, 0.5) is 18.0 Å². The lowest BCUT2D eigenvalue weighted by Crippen LogP contribution is -2.53. The van der Waals surface area contributed by atoms with Crippen LogP contribution in [0.2, 0.25) is 0 Å². The second-order valence-electron chi connectivity index (χ2n) is 8.14. The molecule has 8 heteroatoms. The van der Waals surface area contributed by atoms with Crippen molar-refractivity contribution in [3.8, 4) is 0 Å². The minimum Gasteiger partial charge on any atom is -0.444 e. The fourth-order valence-electron chi connectivity index (χ4n) is 3.88. The van der Waals surface area contributed by atoms with Gasteiger partial charge in [0.15, 0.2) is 0 Å². The van der Waals surface area contributed by atoms with Gasteiger partial charge in [-0.3, -0.25) is 4.98 Å². The van der Waals surface area contributed by atoms with Crippen LogP contribution in [0.3, 0.4) is 0 Å². The standard InChI is InChI=1S/C18H23F3N2O3/c1-16(2,3)26-15(24)23-12-5-6-13(23)9-17(25,8-12)14-7-4-11(10-22-14)18(19,20)21/h4,7,10,12-13,25H,5-6,8-9H2,1-3H3. The number of rotatable bonds is 1. The SMILES string of the molecule is CC(C)(C)OC(=O)N1C2CCC1CC(O)(c1ccc(C(F)(F)F)cn1)C2. The number of halogens is 3. The van der Waals surface area contributed by atoms with Crippen molar-refractivity contribution in [2.75, 3.05) is 0 Å². The highest BCUT2D eigenvalue weighted by molar-refractivity contribution is 5.69. The largest absolute Gasteiger partial charge is 0.444 e. The summed E-state index contributed by atoms with van der Waals surface area (Å²) in [5, 5.41) is 11.0. The maximum atomic E-state index is 12.7. The molecule has 0 aliphatic carbocycles. The highest BCUT2D eigenvalue weighted by atomic mass is 19.4. The fraction of sp³-hybridized carbons (Fsp3) is 0.667. The number of carbonyl (C=O) groups is 1. The first-order valence-electron chi connectivity index (χ1n) is 8.66. The van der Waals surface area contributed by atoms with E-state index in [-0.39, 0.29) is 30.6 Å². The number of fused-ring (bicyclic) bond motifs is 2. The molecule has 2 atom stereocenters. The van der Waals surface area contributed by atoms with Gasteiger partial charge in [0, 0.05) is 31.1 Å². The second kappa shape index (κ2) is 6.11. The van der Waals surface area contributed by atoms with E-state index in [4.69, 9.17) is 4.74 Å². The Morgan fingerprint density at radius 2 is 1.81 bits per heavy atom. The fourth-order valence-corrected chi connectivity index (χ4v) is 3.88. The first-order chi connectivity index (χ1) is 11.9. The molecule has 2 unspecified atom stereocenters. The van der Waals surface area contributed by atoms with Gasteiger partial charge in [0.2, 0.25) is 0 Å². The van der Waals surface area contributed by atoms with Crippen molar-refractivity contribution in [2.24, 2.45) is 0 Å². The summed E-state index contributed by atoms with van der Waals surface area (Å²) in [6.45, 7) is 5.37. The molecular weight excluding hydrogens is 349 g/mol. The van der Waals surface area contributed by atoms with E-state index in [1.165, 1.54) is 6.07 Å². The molecular formula is C18H23F3N2O3. The van der Waals surface area contributed by atoms with Crippen LogP contribution in [0.15, 0.2) is 18.3 Å². The molecule has 1 aromatic heterocycles. The Morgan fingerprint density at radius 3 is 2.23 bits per heavy atom. The lowest BCUT2D eigenvalue weighted by molar-refractivity contribution is -0.138. The van der Waals surface area contributed by atoms with Crippen LogP contribution in [0.5, 0.6) is 0 Å². The number of hydrogen-bond acceptors (Lipinski definition) is 4. The maximum absolute atomic E-state index is 12.7. The van der Waals surface area contributed by atoms with Crippen molar-refractivity contribution >= 4 is 6.09 Å². The van der Waals surface area contributed by atoms with Gasteiger partial charge in [0.25, 0.3) is 0 Å². The Kier molecular flexibility index (Phi) is 4.45.